The third kappa shape index (κ3) is 3.76. The van der Waals surface area contributed by atoms with E-state index < -0.39 is 18.0 Å². The summed E-state index contributed by atoms with van der Waals surface area (Å²) >= 11 is 0. The molecule has 2 atom stereocenters. The second kappa shape index (κ2) is 6.04. The van der Waals surface area contributed by atoms with E-state index >= 15 is 0 Å². The van der Waals surface area contributed by atoms with Crippen LogP contribution in [0.4, 0.5) is 4.79 Å². The maximum Gasteiger partial charge on any atom is 0.326 e. The molecule has 7 nitrogen and oxygen atoms in total. The number of imidazole rings is 1. The van der Waals surface area contributed by atoms with Crippen molar-refractivity contribution in [3.05, 3.63) is 18.2 Å². The Labute approximate surface area is 105 Å². The predicted octanol–water partition coefficient (Wildman–Crippen LogP) is 0.879. The first-order valence-electron chi connectivity index (χ1n) is 5.71. The minimum absolute atomic E-state index is 0.188. The third-order valence-corrected chi connectivity index (χ3v) is 2.50. The van der Waals surface area contributed by atoms with Crippen molar-refractivity contribution in [3.8, 4) is 0 Å². The maximum absolute atomic E-state index is 11.6. The molecule has 1 aromatic heterocycles. The number of hydrogen-bond acceptors (Lipinski definition) is 3. The second-order valence-electron chi connectivity index (χ2n) is 4.37. The number of nitrogens with zero attached hydrogens (tertiary/aromatic N) is 1. The Morgan fingerprint density at radius 1 is 1.33 bits per heavy atom. The number of carbonyl (C=O) groups excluding carboxylic acids is 1. The lowest BCUT2D eigenvalue weighted by Crippen LogP contribution is -2.49. The van der Waals surface area contributed by atoms with Crippen LogP contribution >= 0.6 is 0 Å². The Morgan fingerprint density at radius 3 is 2.44 bits per heavy atom. The molecular weight excluding hydrogens is 236 g/mol. The van der Waals surface area contributed by atoms with Crippen molar-refractivity contribution in [2.75, 3.05) is 0 Å². The molecule has 0 radical (unpaired) electrons. The van der Waals surface area contributed by atoms with Gasteiger partial charge in [0.25, 0.3) is 0 Å². The summed E-state index contributed by atoms with van der Waals surface area (Å²) in [5, 5.41) is 14.0. The van der Waals surface area contributed by atoms with Gasteiger partial charge in [-0.2, -0.15) is 0 Å². The Bertz CT molecular complexity index is 402. The molecule has 18 heavy (non-hydrogen) atoms. The number of urea groups is 1. The van der Waals surface area contributed by atoms with Crippen LogP contribution in [0.5, 0.6) is 0 Å². The highest BCUT2D eigenvalue weighted by Gasteiger charge is 2.24. The predicted molar refractivity (Wildman–Crippen MR) is 64.9 cm³/mol. The van der Waals surface area contributed by atoms with Crippen molar-refractivity contribution >= 4 is 12.0 Å². The molecule has 0 aliphatic heterocycles. The van der Waals surface area contributed by atoms with Crippen molar-refractivity contribution < 1.29 is 14.7 Å². The fourth-order valence-electron chi connectivity index (χ4n) is 1.48. The molecule has 4 N–H and O–H groups in total. The highest BCUT2D eigenvalue weighted by Crippen LogP contribution is 2.06. The molecule has 2 amide bonds. The van der Waals surface area contributed by atoms with Gasteiger partial charge >= 0.3 is 12.0 Å². The van der Waals surface area contributed by atoms with Gasteiger partial charge < -0.3 is 20.7 Å². The van der Waals surface area contributed by atoms with Gasteiger partial charge in [-0.05, 0) is 12.8 Å². The van der Waals surface area contributed by atoms with Gasteiger partial charge in [-0.15, -0.1) is 0 Å². The summed E-state index contributed by atoms with van der Waals surface area (Å²) in [4.78, 5) is 29.4. The first kappa shape index (κ1) is 14.0. The van der Waals surface area contributed by atoms with E-state index in [1.165, 1.54) is 0 Å². The molecule has 0 spiro atoms. The molecule has 0 aromatic carbocycles. The van der Waals surface area contributed by atoms with Crippen LogP contribution in [-0.2, 0) is 4.79 Å². The van der Waals surface area contributed by atoms with Gasteiger partial charge in [-0.3, -0.25) is 0 Å². The van der Waals surface area contributed by atoms with Crippen LogP contribution in [0.2, 0.25) is 0 Å². The summed E-state index contributed by atoms with van der Waals surface area (Å²) in [6.07, 6.45) is 3.24. The van der Waals surface area contributed by atoms with Crippen LogP contribution in [0.25, 0.3) is 0 Å². The second-order valence-corrected chi connectivity index (χ2v) is 4.37. The Balaban J connectivity index is 2.53. The third-order valence-electron chi connectivity index (χ3n) is 2.50. The summed E-state index contributed by atoms with van der Waals surface area (Å²) in [7, 11) is 0. The zero-order valence-electron chi connectivity index (χ0n) is 10.6. The van der Waals surface area contributed by atoms with E-state index in [0.29, 0.717) is 5.82 Å². The standard InChI is InChI=1S/C11H18N4O3/c1-6(2)8(10(16)17)15-11(18)14-7(3)9-12-4-5-13-9/h4-8H,1-3H3,(H,12,13)(H,16,17)(H2,14,15,18). The van der Waals surface area contributed by atoms with Crippen LogP contribution in [0.15, 0.2) is 12.4 Å². The van der Waals surface area contributed by atoms with Crippen LogP contribution in [-0.4, -0.2) is 33.1 Å². The number of aromatic amines is 1. The molecule has 0 aliphatic carbocycles. The zero-order valence-corrected chi connectivity index (χ0v) is 10.6. The molecule has 1 heterocycles. The topological polar surface area (TPSA) is 107 Å². The average molecular weight is 254 g/mol. The minimum atomic E-state index is -1.05. The number of carboxylic acids is 1. The molecule has 0 bridgehead atoms. The summed E-state index contributed by atoms with van der Waals surface area (Å²) in [6, 6.07) is -1.75. The summed E-state index contributed by atoms with van der Waals surface area (Å²) in [5.74, 6) is -0.625. The zero-order chi connectivity index (χ0) is 13.7. The Hall–Kier alpha value is -2.05. The number of hydrogen-bond donors (Lipinski definition) is 4. The molecule has 2 unspecified atom stereocenters. The number of nitrogens with one attached hydrogen (secondary N) is 3. The van der Waals surface area contributed by atoms with E-state index in [1.54, 1.807) is 33.2 Å². The van der Waals surface area contributed by atoms with E-state index in [4.69, 9.17) is 5.11 Å². The molecule has 100 valence electrons. The molecule has 0 fully saturated rings. The SMILES string of the molecule is CC(NC(=O)NC(C(=O)O)C(C)C)c1ncc[nH]1. The highest BCUT2D eigenvalue weighted by atomic mass is 16.4. The van der Waals surface area contributed by atoms with Gasteiger partial charge in [0.1, 0.15) is 11.9 Å². The van der Waals surface area contributed by atoms with Crippen molar-refractivity contribution in [1.29, 1.82) is 0 Å². The largest absolute Gasteiger partial charge is 0.480 e. The first-order chi connectivity index (χ1) is 8.41. The van der Waals surface area contributed by atoms with E-state index in [0.717, 1.165) is 0 Å². The van der Waals surface area contributed by atoms with Gasteiger partial charge in [0.05, 0.1) is 6.04 Å². The normalized spacial score (nSPS) is 14.0. The van der Waals surface area contributed by atoms with Crippen molar-refractivity contribution in [2.24, 2.45) is 5.92 Å². The molecule has 0 saturated heterocycles. The van der Waals surface area contributed by atoms with Crippen molar-refractivity contribution in [1.82, 2.24) is 20.6 Å². The van der Waals surface area contributed by atoms with Crippen LogP contribution in [0.3, 0.4) is 0 Å². The van der Waals surface area contributed by atoms with Gasteiger partial charge in [0.15, 0.2) is 0 Å². The lowest BCUT2D eigenvalue weighted by Gasteiger charge is -2.19. The van der Waals surface area contributed by atoms with E-state index in [1.807, 2.05) is 0 Å². The van der Waals surface area contributed by atoms with Crippen molar-refractivity contribution in [2.45, 2.75) is 32.9 Å². The maximum atomic E-state index is 11.6. The average Bonchev–Trinajstić information content (AvgIpc) is 2.78. The highest BCUT2D eigenvalue weighted by molar-refractivity contribution is 5.82. The number of carbonyl (C=O) groups is 2. The van der Waals surface area contributed by atoms with Gasteiger partial charge in [0, 0.05) is 12.4 Å². The smallest absolute Gasteiger partial charge is 0.326 e. The molecule has 7 heteroatoms. The van der Waals surface area contributed by atoms with Crippen LogP contribution < -0.4 is 10.6 Å². The van der Waals surface area contributed by atoms with Crippen LogP contribution in [0, 0.1) is 5.92 Å². The number of aromatic nitrogens is 2. The van der Waals surface area contributed by atoms with E-state index in [2.05, 4.69) is 20.6 Å². The van der Waals surface area contributed by atoms with Gasteiger partial charge in [0.2, 0.25) is 0 Å². The molecule has 1 rings (SSSR count). The number of amides is 2. The fourth-order valence-corrected chi connectivity index (χ4v) is 1.48. The molecular formula is C11H18N4O3. The number of aliphatic carboxylic acids is 1. The summed E-state index contributed by atoms with van der Waals surface area (Å²) in [5.41, 5.74) is 0. The molecule has 0 saturated carbocycles. The lowest BCUT2D eigenvalue weighted by atomic mass is 10.1. The number of carboxylic acid groups (broad SMARTS) is 1. The fraction of sp³-hybridized carbons (Fsp3) is 0.545. The first-order valence-corrected chi connectivity index (χ1v) is 5.71. The minimum Gasteiger partial charge on any atom is -0.480 e. The van der Waals surface area contributed by atoms with E-state index in [9.17, 15) is 9.59 Å². The van der Waals surface area contributed by atoms with Crippen LogP contribution in [0.1, 0.15) is 32.6 Å². The van der Waals surface area contributed by atoms with Gasteiger partial charge in [-0.25, -0.2) is 14.6 Å². The van der Waals surface area contributed by atoms with Gasteiger partial charge in [-0.1, -0.05) is 13.8 Å². The Kier molecular flexibility index (Phi) is 4.70. The lowest BCUT2D eigenvalue weighted by molar-refractivity contribution is -0.140. The van der Waals surface area contributed by atoms with E-state index in [-0.39, 0.29) is 12.0 Å². The summed E-state index contributed by atoms with van der Waals surface area (Å²) in [6.45, 7) is 5.22. The summed E-state index contributed by atoms with van der Waals surface area (Å²) < 4.78 is 0. The molecule has 1 aromatic rings. The quantitative estimate of drug-likeness (QED) is 0.625. The van der Waals surface area contributed by atoms with Crippen molar-refractivity contribution in [3.63, 3.8) is 0 Å². The Morgan fingerprint density at radius 2 is 2.00 bits per heavy atom. The number of H-pyrrole nitrogens is 1. The number of rotatable bonds is 5. The molecule has 0 aliphatic rings. The monoisotopic (exact) mass is 254 g/mol.